The van der Waals surface area contributed by atoms with Crippen LogP contribution in [0.4, 0.5) is 0 Å². The molecule has 1 aliphatic carbocycles. The number of hydrogen-bond donors (Lipinski definition) is 1. The lowest BCUT2D eigenvalue weighted by atomic mass is 9.79. The Kier molecular flexibility index (Phi) is 2.62. The monoisotopic (exact) mass is 245 g/mol. The van der Waals surface area contributed by atoms with Crippen molar-refractivity contribution in [1.29, 1.82) is 5.26 Å². The van der Waals surface area contributed by atoms with Gasteiger partial charge in [-0.1, -0.05) is 17.7 Å². The Labute approximate surface area is 105 Å². The second kappa shape index (κ2) is 4.14. The Balaban J connectivity index is 1.94. The summed E-state index contributed by atoms with van der Waals surface area (Å²) in [6.07, 6.45) is 6.31. The minimum Gasteiger partial charge on any atom is -0.310 e. The largest absolute Gasteiger partial charge is 0.310 e. The lowest BCUT2D eigenvalue weighted by Crippen LogP contribution is -2.52. The quantitative estimate of drug-likeness (QED) is 0.773. The molecule has 1 aliphatic heterocycles. The van der Waals surface area contributed by atoms with Gasteiger partial charge in [-0.3, -0.25) is 0 Å². The van der Waals surface area contributed by atoms with E-state index in [0.29, 0.717) is 11.6 Å². The minimum atomic E-state index is 0.285. The lowest BCUT2D eigenvalue weighted by Gasteiger charge is -2.40. The third-order valence-corrected chi connectivity index (χ3v) is 3.92. The standard InChI is InChI=1S/C13H12ClN3/c14-13-10(5-15)3-11(7-17-13)8-1-2-9-6-16-12(9)4-8/h3-4,7,9,12,16H,1-2,6H2/t9-,12-/m1/s1. The van der Waals surface area contributed by atoms with Crippen molar-refractivity contribution in [3.8, 4) is 6.07 Å². The molecular weight excluding hydrogens is 234 g/mol. The van der Waals surface area contributed by atoms with Crippen LogP contribution in [0.3, 0.4) is 0 Å². The van der Waals surface area contributed by atoms with Crippen LogP contribution >= 0.6 is 11.6 Å². The Morgan fingerprint density at radius 1 is 1.53 bits per heavy atom. The van der Waals surface area contributed by atoms with Crippen LogP contribution in [0.25, 0.3) is 5.57 Å². The molecule has 0 spiro atoms. The zero-order valence-electron chi connectivity index (χ0n) is 9.28. The fraction of sp³-hybridized carbons (Fsp3) is 0.385. The van der Waals surface area contributed by atoms with Gasteiger partial charge < -0.3 is 5.32 Å². The van der Waals surface area contributed by atoms with Gasteiger partial charge in [0.1, 0.15) is 11.2 Å². The molecule has 0 amide bonds. The van der Waals surface area contributed by atoms with Crippen molar-refractivity contribution in [1.82, 2.24) is 10.3 Å². The number of aromatic nitrogens is 1. The van der Waals surface area contributed by atoms with Gasteiger partial charge in [-0.05, 0) is 36.0 Å². The number of pyridine rings is 1. The number of nitriles is 1. The van der Waals surface area contributed by atoms with Crippen LogP contribution in [0.1, 0.15) is 24.0 Å². The molecular formula is C13H12ClN3. The summed E-state index contributed by atoms with van der Waals surface area (Å²) in [5.41, 5.74) is 2.76. The molecule has 3 rings (SSSR count). The fourth-order valence-electron chi connectivity index (χ4n) is 2.48. The molecule has 1 fully saturated rings. The molecule has 0 radical (unpaired) electrons. The number of allylic oxidation sites excluding steroid dienone is 1. The first-order valence-corrected chi connectivity index (χ1v) is 6.16. The topological polar surface area (TPSA) is 48.7 Å². The Morgan fingerprint density at radius 3 is 3.06 bits per heavy atom. The third-order valence-electron chi connectivity index (χ3n) is 3.62. The second-order valence-corrected chi connectivity index (χ2v) is 4.96. The van der Waals surface area contributed by atoms with E-state index in [0.717, 1.165) is 24.4 Å². The molecule has 1 N–H and O–H groups in total. The maximum Gasteiger partial charge on any atom is 0.146 e. The highest BCUT2D eigenvalue weighted by molar-refractivity contribution is 6.30. The van der Waals surface area contributed by atoms with Crippen molar-refractivity contribution in [3.05, 3.63) is 34.6 Å². The van der Waals surface area contributed by atoms with E-state index in [1.54, 1.807) is 6.20 Å². The van der Waals surface area contributed by atoms with Crippen molar-refractivity contribution < 1.29 is 0 Å². The smallest absolute Gasteiger partial charge is 0.146 e. The first kappa shape index (κ1) is 10.8. The molecule has 1 aromatic rings. The van der Waals surface area contributed by atoms with E-state index in [2.05, 4.69) is 22.4 Å². The molecule has 17 heavy (non-hydrogen) atoms. The van der Waals surface area contributed by atoms with Crippen molar-refractivity contribution in [2.24, 2.45) is 5.92 Å². The predicted octanol–water partition coefficient (Wildman–Crippen LogP) is 2.37. The Morgan fingerprint density at radius 2 is 2.41 bits per heavy atom. The van der Waals surface area contributed by atoms with E-state index in [-0.39, 0.29) is 5.15 Å². The van der Waals surface area contributed by atoms with E-state index >= 15 is 0 Å². The molecule has 2 aliphatic rings. The minimum absolute atomic E-state index is 0.285. The Hall–Kier alpha value is -1.37. The Bertz CT molecular complexity index is 530. The van der Waals surface area contributed by atoms with Crippen LogP contribution in [0.5, 0.6) is 0 Å². The van der Waals surface area contributed by atoms with Crippen LogP contribution in [-0.4, -0.2) is 17.6 Å². The van der Waals surface area contributed by atoms with Crippen LogP contribution in [0.2, 0.25) is 5.15 Å². The molecule has 2 atom stereocenters. The number of halogens is 1. The molecule has 4 heteroatoms. The highest BCUT2D eigenvalue weighted by Crippen LogP contribution is 2.34. The zero-order chi connectivity index (χ0) is 11.8. The van der Waals surface area contributed by atoms with Crippen LogP contribution < -0.4 is 5.32 Å². The van der Waals surface area contributed by atoms with Gasteiger partial charge in [0.25, 0.3) is 0 Å². The van der Waals surface area contributed by atoms with E-state index < -0.39 is 0 Å². The molecule has 0 saturated carbocycles. The van der Waals surface area contributed by atoms with Gasteiger partial charge in [0.2, 0.25) is 0 Å². The summed E-state index contributed by atoms with van der Waals surface area (Å²) in [5, 5.41) is 12.6. The fourth-order valence-corrected chi connectivity index (χ4v) is 2.63. The zero-order valence-corrected chi connectivity index (χ0v) is 10.0. The molecule has 86 valence electrons. The maximum atomic E-state index is 8.94. The summed E-state index contributed by atoms with van der Waals surface area (Å²) in [4.78, 5) is 4.07. The van der Waals surface area contributed by atoms with Crippen molar-refractivity contribution in [2.45, 2.75) is 18.9 Å². The molecule has 3 nitrogen and oxygen atoms in total. The van der Waals surface area contributed by atoms with Gasteiger partial charge in [-0.2, -0.15) is 5.26 Å². The normalized spacial score (nSPS) is 26.5. The average molecular weight is 246 g/mol. The van der Waals surface area contributed by atoms with Gasteiger partial charge >= 0.3 is 0 Å². The van der Waals surface area contributed by atoms with Gasteiger partial charge in [0.15, 0.2) is 0 Å². The summed E-state index contributed by atoms with van der Waals surface area (Å²) in [5.74, 6) is 0.800. The summed E-state index contributed by atoms with van der Waals surface area (Å²) in [7, 11) is 0. The van der Waals surface area contributed by atoms with E-state index in [1.807, 2.05) is 6.07 Å². The molecule has 0 bridgehead atoms. The third kappa shape index (κ3) is 1.84. The summed E-state index contributed by atoms with van der Waals surface area (Å²) in [6, 6.07) is 4.42. The summed E-state index contributed by atoms with van der Waals surface area (Å²) < 4.78 is 0. The molecule has 2 heterocycles. The van der Waals surface area contributed by atoms with E-state index in [9.17, 15) is 0 Å². The predicted molar refractivity (Wildman–Crippen MR) is 66.5 cm³/mol. The first-order chi connectivity index (χ1) is 8.28. The number of nitrogens with one attached hydrogen (secondary N) is 1. The highest BCUT2D eigenvalue weighted by Gasteiger charge is 2.31. The van der Waals surface area contributed by atoms with Crippen molar-refractivity contribution in [3.63, 3.8) is 0 Å². The molecule has 1 saturated heterocycles. The number of nitrogens with zero attached hydrogens (tertiary/aromatic N) is 2. The summed E-state index contributed by atoms with van der Waals surface area (Å²) >= 11 is 5.83. The SMILES string of the molecule is N#Cc1cc(C2=C[C@H]3NC[C@H]3CC2)cnc1Cl. The van der Waals surface area contributed by atoms with Crippen LogP contribution in [-0.2, 0) is 0 Å². The van der Waals surface area contributed by atoms with Gasteiger partial charge in [0.05, 0.1) is 5.56 Å². The van der Waals surface area contributed by atoms with Gasteiger partial charge in [-0.15, -0.1) is 0 Å². The molecule has 1 aromatic heterocycles. The first-order valence-electron chi connectivity index (χ1n) is 5.78. The summed E-state index contributed by atoms with van der Waals surface area (Å²) in [6.45, 7) is 1.14. The van der Waals surface area contributed by atoms with E-state index in [4.69, 9.17) is 16.9 Å². The number of fused-ring (bicyclic) bond motifs is 1. The van der Waals surface area contributed by atoms with Crippen molar-refractivity contribution >= 4 is 17.2 Å². The average Bonchev–Trinajstić information content (AvgIpc) is 2.32. The second-order valence-electron chi connectivity index (χ2n) is 4.60. The highest BCUT2D eigenvalue weighted by atomic mass is 35.5. The number of rotatable bonds is 1. The van der Waals surface area contributed by atoms with Gasteiger partial charge in [0, 0.05) is 18.8 Å². The maximum absolute atomic E-state index is 8.94. The lowest BCUT2D eigenvalue weighted by molar-refractivity contribution is 0.256. The van der Waals surface area contributed by atoms with Crippen molar-refractivity contribution in [2.75, 3.05) is 6.54 Å². The number of hydrogen-bond acceptors (Lipinski definition) is 3. The molecule has 0 aromatic carbocycles. The molecule has 0 unspecified atom stereocenters. The van der Waals surface area contributed by atoms with Crippen LogP contribution in [0.15, 0.2) is 18.3 Å². The van der Waals surface area contributed by atoms with E-state index in [1.165, 1.54) is 12.0 Å². The van der Waals surface area contributed by atoms with Crippen LogP contribution in [0, 0.1) is 17.2 Å². The van der Waals surface area contributed by atoms with Gasteiger partial charge in [-0.25, -0.2) is 4.98 Å².